The highest BCUT2D eigenvalue weighted by molar-refractivity contribution is 6.29. The zero-order valence-electron chi connectivity index (χ0n) is 9.14. The molecule has 0 aliphatic heterocycles. The van der Waals surface area contributed by atoms with Crippen molar-refractivity contribution in [2.75, 3.05) is 0 Å². The zero-order valence-corrected chi connectivity index (χ0v) is 9.89. The van der Waals surface area contributed by atoms with Gasteiger partial charge in [-0.05, 0) is 37.1 Å². The van der Waals surface area contributed by atoms with Crippen molar-refractivity contribution >= 4 is 11.6 Å². The van der Waals surface area contributed by atoms with Crippen LogP contribution in [0.1, 0.15) is 12.8 Å². The van der Waals surface area contributed by atoms with Crippen LogP contribution >= 0.6 is 11.6 Å². The highest BCUT2D eigenvalue weighted by Crippen LogP contribution is 2.28. The van der Waals surface area contributed by atoms with Gasteiger partial charge in [0, 0.05) is 5.56 Å². The van der Waals surface area contributed by atoms with Crippen molar-refractivity contribution in [2.45, 2.75) is 18.9 Å². The van der Waals surface area contributed by atoms with Gasteiger partial charge in [0.25, 0.3) is 0 Å². The molecule has 1 fully saturated rings. The van der Waals surface area contributed by atoms with E-state index in [1.807, 2.05) is 24.3 Å². The summed E-state index contributed by atoms with van der Waals surface area (Å²) >= 11 is 5.80. The van der Waals surface area contributed by atoms with Crippen molar-refractivity contribution in [3.63, 3.8) is 0 Å². The van der Waals surface area contributed by atoms with Crippen LogP contribution in [-0.4, -0.2) is 16.1 Å². The van der Waals surface area contributed by atoms with E-state index in [1.165, 1.54) is 19.0 Å². The third-order valence-electron chi connectivity index (χ3n) is 2.58. The topological polar surface area (TPSA) is 35.0 Å². The standard InChI is InChI=1S/C13H11ClN2O/c14-13-8-15-7-12(16-13)9-1-3-10(4-2-9)17-11-5-6-11/h1-4,7-8,11H,5-6H2. The number of hydrogen-bond donors (Lipinski definition) is 0. The summed E-state index contributed by atoms with van der Waals surface area (Å²) in [6.45, 7) is 0. The van der Waals surface area contributed by atoms with Gasteiger partial charge >= 0.3 is 0 Å². The molecule has 0 spiro atoms. The van der Waals surface area contributed by atoms with E-state index in [9.17, 15) is 0 Å². The molecule has 0 saturated heterocycles. The second-order valence-corrected chi connectivity index (χ2v) is 4.46. The first-order valence-corrected chi connectivity index (χ1v) is 5.94. The fourth-order valence-corrected chi connectivity index (χ4v) is 1.71. The van der Waals surface area contributed by atoms with Gasteiger partial charge in [-0.15, -0.1) is 0 Å². The average molecular weight is 247 g/mol. The molecule has 0 N–H and O–H groups in total. The van der Waals surface area contributed by atoms with Gasteiger partial charge in [0.15, 0.2) is 0 Å². The lowest BCUT2D eigenvalue weighted by atomic mass is 10.1. The molecule has 0 radical (unpaired) electrons. The van der Waals surface area contributed by atoms with E-state index >= 15 is 0 Å². The lowest BCUT2D eigenvalue weighted by Crippen LogP contribution is -1.95. The third-order valence-corrected chi connectivity index (χ3v) is 2.76. The number of rotatable bonds is 3. The maximum atomic E-state index is 5.80. The summed E-state index contributed by atoms with van der Waals surface area (Å²) in [5, 5.41) is 0.404. The van der Waals surface area contributed by atoms with Crippen LogP contribution in [0, 0.1) is 0 Å². The molecule has 1 aliphatic rings. The Morgan fingerprint density at radius 3 is 2.53 bits per heavy atom. The molecular weight excluding hydrogens is 236 g/mol. The lowest BCUT2D eigenvalue weighted by molar-refractivity contribution is 0.303. The number of hydrogen-bond acceptors (Lipinski definition) is 3. The fraction of sp³-hybridized carbons (Fsp3) is 0.231. The van der Waals surface area contributed by atoms with E-state index < -0.39 is 0 Å². The summed E-state index contributed by atoms with van der Waals surface area (Å²) in [6.07, 6.45) is 5.98. The Bertz CT molecular complexity index is 523. The van der Waals surface area contributed by atoms with Crippen LogP contribution in [0.3, 0.4) is 0 Å². The summed E-state index contributed by atoms with van der Waals surface area (Å²) in [4.78, 5) is 8.22. The summed E-state index contributed by atoms with van der Waals surface area (Å²) in [6, 6.07) is 7.85. The Labute approximate surface area is 104 Å². The first-order chi connectivity index (χ1) is 8.31. The van der Waals surface area contributed by atoms with Gasteiger partial charge in [-0.1, -0.05) is 11.6 Å². The second kappa shape index (κ2) is 4.34. The van der Waals surface area contributed by atoms with E-state index in [1.54, 1.807) is 6.20 Å². The lowest BCUT2D eigenvalue weighted by Gasteiger charge is -2.05. The summed E-state index contributed by atoms with van der Waals surface area (Å²) in [5.74, 6) is 0.909. The molecule has 3 rings (SSSR count). The molecular formula is C13H11ClN2O. The Morgan fingerprint density at radius 1 is 1.12 bits per heavy atom. The van der Waals surface area contributed by atoms with Crippen molar-refractivity contribution in [3.8, 4) is 17.0 Å². The zero-order chi connectivity index (χ0) is 11.7. The molecule has 2 aromatic rings. The van der Waals surface area contributed by atoms with E-state index in [0.29, 0.717) is 11.3 Å². The molecule has 86 valence electrons. The van der Waals surface area contributed by atoms with Crippen molar-refractivity contribution in [1.82, 2.24) is 9.97 Å². The SMILES string of the molecule is Clc1cncc(-c2ccc(OC3CC3)cc2)n1. The highest BCUT2D eigenvalue weighted by atomic mass is 35.5. The molecule has 0 unspecified atom stereocenters. The third kappa shape index (κ3) is 2.56. The predicted octanol–water partition coefficient (Wildman–Crippen LogP) is 3.34. The largest absolute Gasteiger partial charge is 0.490 e. The van der Waals surface area contributed by atoms with Crippen LogP contribution < -0.4 is 4.74 Å². The first kappa shape index (κ1) is 10.5. The van der Waals surface area contributed by atoms with Gasteiger partial charge in [-0.3, -0.25) is 4.98 Å². The molecule has 1 aromatic carbocycles. The highest BCUT2D eigenvalue weighted by Gasteiger charge is 2.23. The Morgan fingerprint density at radius 2 is 1.88 bits per heavy atom. The average Bonchev–Trinajstić information content (AvgIpc) is 3.14. The number of halogens is 1. The minimum absolute atomic E-state index is 0.404. The maximum Gasteiger partial charge on any atom is 0.148 e. The minimum atomic E-state index is 0.404. The predicted molar refractivity (Wildman–Crippen MR) is 66.1 cm³/mol. The van der Waals surface area contributed by atoms with Crippen LogP contribution in [0.25, 0.3) is 11.3 Å². The Kier molecular flexibility index (Phi) is 2.69. The molecule has 1 aromatic heterocycles. The Hall–Kier alpha value is -1.61. The number of benzene rings is 1. The summed E-state index contributed by atoms with van der Waals surface area (Å²) in [5.41, 5.74) is 1.76. The molecule has 0 bridgehead atoms. The molecule has 0 atom stereocenters. The second-order valence-electron chi connectivity index (χ2n) is 4.07. The number of nitrogens with zero attached hydrogens (tertiary/aromatic N) is 2. The van der Waals surface area contributed by atoms with Gasteiger partial charge in [-0.25, -0.2) is 4.98 Å². The quantitative estimate of drug-likeness (QED) is 0.833. The summed E-state index contributed by atoms with van der Waals surface area (Å²) in [7, 11) is 0. The summed E-state index contributed by atoms with van der Waals surface area (Å²) < 4.78 is 5.68. The molecule has 3 nitrogen and oxygen atoms in total. The van der Waals surface area contributed by atoms with Crippen LogP contribution in [0.5, 0.6) is 5.75 Å². The van der Waals surface area contributed by atoms with Gasteiger partial charge in [-0.2, -0.15) is 0 Å². The molecule has 17 heavy (non-hydrogen) atoms. The van der Waals surface area contributed by atoms with Crippen molar-refractivity contribution in [3.05, 3.63) is 41.8 Å². The van der Waals surface area contributed by atoms with Crippen molar-refractivity contribution in [2.24, 2.45) is 0 Å². The molecule has 1 heterocycles. The Balaban J connectivity index is 1.83. The van der Waals surface area contributed by atoms with Crippen molar-refractivity contribution < 1.29 is 4.74 Å². The minimum Gasteiger partial charge on any atom is -0.490 e. The normalized spacial score (nSPS) is 14.6. The van der Waals surface area contributed by atoms with Gasteiger partial charge in [0.2, 0.25) is 0 Å². The number of aromatic nitrogens is 2. The smallest absolute Gasteiger partial charge is 0.148 e. The van der Waals surface area contributed by atoms with Gasteiger partial charge < -0.3 is 4.74 Å². The fourth-order valence-electron chi connectivity index (χ4n) is 1.56. The molecule has 4 heteroatoms. The first-order valence-electron chi connectivity index (χ1n) is 5.56. The van der Waals surface area contributed by atoms with Gasteiger partial charge in [0.05, 0.1) is 24.2 Å². The molecule has 1 aliphatic carbocycles. The van der Waals surface area contributed by atoms with E-state index in [2.05, 4.69) is 9.97 Å². The monoisotopic (exact) mass is 246 g/mol. The van der Waals surface area contributed by atoms with Gasteiger partial charge in [0.1, 0.15) is 10.9 Å². The van der Waals surface area contributed by atoms with E-state index in [0.717, 1.165) is 17.0 Å². The van der Waals surface area contributed by atoms with Crippen LogP contribution in [-0.2, 0) is 0 Å². The van der Waals surface area contributed by atoms with Crippen LogP contribution in [0.2, 0.25) is 5.15 Å². The number of ether oxygens (including phenoxy) is 1. The van der Waals surface area contributed by atoms with Crippen LogP contribution in [0.4, 0.5) is 0 Å². The van der Waals surface area contributed by atoms with Crippen molar-refractivity contribution in [1.29, 1.82) is 0 Å². The van der Waals surface area contributed by atoms with E-state index in [4.69, 9.17) is 16.3 Å². The maximum absolute atomic E-state index is 5.80. The van der Waals surface area contributed by atoms with E-state index in [-0.39, 0.29) is 0 Å². The molecule has 0 amide bonds. The molecule has 1 saturated carbocycles. The van der Waals surface area contributed by atoms with Crippen LogP contribution in [0.15, 0.2) is 36.7 Å².